The number of likely N-dealkylation sites (N-methyl/N-ethyl adjacent to an activating group) is 1. The zero-order chi connectivity index (χ0) is 24.8. The molecule has 0 aliphatic carbocycles. The summed E-state index contributed by atoms with van der Waals surface area (Å²) < 4.78 is 20.2. The molecule has 1 atom stereocenters. The van der Waals surface area contributed by atoms with Gasteiger partial charge in [-0.25, -0.2) is 14.4 Å². The van der Waals surface area contributed by atoms with Gasteiger partial charge in [0.2, 0.25) is 0 Å². The molecule has 37 heavy (non-hydrogen) atoms. The molecule has 4 heterocycles. The van der Waals surface area contributed by atoms with Crippen LogP contribution in [-0.4, -0.2) is 58.1 Å². The van der Waals surface area contributed by atoms with E-state index in [0.717, 1.165) is 42.9 Å². The smallest absolute Gasteiger partial charge is 0.261 e. The number of oxazole rings is 1. The molecule has 0 saturated carbocycles. The Morgan fingerprint density at radius 2 is 1.92 bits per heavy atom. The van der Waals surface area contributed by atoms with Crippen LogP contribution in [0.5, 0.6) is 0 Å². The number of benzene rings is 2. The molecule has 11 heteroatoms. The monoisotopic (exact) mass is 521 g/mol. The van der Waals surface area contributed by atoms with E-state index in [1.165, 1.54) is 18.7 Å². The minimum absolute atomic E-state index is 0. The molecule has 2 aromatic carbocycles. The summed E-state index contributed by atoms with van der Waals surface area (Å²) in [7, 11) is 2.13. The van der Waals surface area contributed by atoms with E-state index in [9.17, 15) is 4.79 Å². The third-order valence-electron chi connectivity index (χ3n) is 6.82. The van der Waals surface area contributed by atoms with Crippen molar-refractivity contribution >= 4 is 46.8 Å². The van der Waals surface area contributed by atoms with Gasteiger partial charge in [-0.3, -0.25) is 4.79 Å². The number of imidazole rings is 1. The van der Waals surface area contributed by atoms with Crippen molar-refractivity contribution in [3.05, 3.63) is 70.9 Å². The van der Waals surface area contributed by atoms with E-state index in [2.05, 4.69) is 43.2 Å². The lowest BCUT2D eigenvalue weighted by molar-refractivity contribution is 0.313. The molecular weight excluding hydrogens is 493 g/mol. The van der Waals surface area contributed by atoms with Crippen molar-refractivity contribution in [3.8, 4) is 11.4 Å². The fourth-order valence-electron chi connectivity index (χ4n) is 4.78. The zero-order valence-corrected chi connectivity index (χ0v) is 21.5. The molecule has 0 spiro atoms. The van der Waals surface area contributed by atoms with E-state index in [1.807, 2.05) is 19.1 Å². The van der Waals surface area contributed by atoms with Gasteiger partial charge in [-0.1, -0.05) is 6.07 Å². The van der Waals surface area contributed by atoms with Crippen molar-refractivity contribution in [2.75, 3.05) is 43.4 Å². The van der Waals surface area contributed by atoms with Crippen molar-refractivity contribution in [1.82, 2.24) is 24.8 Å². The van der Waals surface area contributed by atoms with Gasteiger partial charge >= 0.3 is 0 Å². The Morgan fingerprint density at radius 1 is 1.11 bits per heavy atom. The van der Waals surface area contributed by atoms with Crippen LogP contribution in [0.25, 0.3) is 33.3 Å². The fourth-order valence-corrected chi connectivity index (χ4v) is 4.78. The zero-order valence-electron chi connectivity index (χ0n) is 20.5. The second-order valence-electron chi connectivity index (χ2n) is 9.22. The van der Waals surface area contributed by atoms with Gasteiger partial charge < -0.3 is 29.5 Å². The molecule has 0 bridgehead atoms. The summed E-state index contributed by atoms with van der Waals surface area (Å²) in [5, 5.41) is 3.57. The first-order valence-electron chi connectivity index (χ1n) is 11.9. The topological polar surface area (TPSA) is 106 Å². The Morgan fingerprint density at radius 3 is 2.68 bits per heavy atom. The number of pyridine rings is 1. The van der Waals surface area contributed by atoms with Crippen LogP contribution in [-0.2, 0) is 0 Å². The number of nitrogens with zero attached hydrogens (tertiary/aromatic N) is 4. The first kappa shape index (κ1) is 24.8. The highest BCUT2D eigenvalue weighted by Gasteiger charge is 2.23. The first-order chi connectivity index (χ1) is 17.5. The predicted molar refractivity (Wildman–Crippen MR) is 148 cm³/mol. The van der Waals surface area contributed by atoms with Crippen molar-refractivity contribution < 1.29 is 8.81 Å². The summed E-state index contributed by atoms with van der Waals surface area (Å²) >= 11 is 0. The Hall–Kier alpha value is -3.83. The number of rotatable bonds is 5. The molecule has 0 amide bonds. The molecule has 1 fully saturated rings. The molecule has 1 saturated heterocycles. The Labute approximate surface area is 219 Å². The lowest BCUT2D eigenvalue weighted by Crippen LogP contribution is -2.44. The van der Waals surface area contributed by atoms with Gasteiger partial charge in [0.25, 0.3) is 5.56 Å². The number of hydrogen-bond donors (Lipinski definition) is 3. The predicted octanol–water partition coefficient (Wildman–Crippen LogP) is 4.24. The second kappa shape index (κ2) is 9.91. The van der Waals surface area contributed by atoms with Crippen molar-refractivity contribution in [3.63, 3.8) is 0 Å². The van der Waals surface area contributed by atoms with E-state index in [0.29, 0.717) is 22.7 Å². The number of aromatic amines is 2. The average molecular weight is 522 g/mol. The van der Waals surface area contributed by atoms with E-state index in [1.54, 1.807) is 12.1 Å². The highest BCUT2D eigenvalue weighted by Crippen LogP contribution is 2.35. The van der Waals surface area contributed by atoms with Gasteiger partial charge in [-0.05, 0) is 44.3 Å². The first-order valence-corrected chi connectivity index (χ1v) is 11.9. The third-order valence-corrected chi connectivity index (χ3v) is 6.82. The number of aromatic nitrogens is 4. The molecule has 1 aliphatic rings. The van der Waals surface area contributed by atoms with E-state index in [4.69, 9.17) is 9.40 Å². The summed E-state index contributed by atoms with van der Waals surface area (Å²) in [5.41, 5.74) is 3.88. The van der Waals surface area contributed by atoms with Crippen molar-refractivity contribution in [2.24, 2.45) is 0 Å². The van der Waals surface area contributed by atoms with Gasteiger partial charge in [0.15, 0.2) is 6.39 Å². The second-order valence-corrected chi connectivity index (χ2v) is 9.22. The lowest BCUT2D eigenvalue weighted by atomic mass is 10.1. The molecule has 192 valence electrons. The summed E-state index contributed by atoms with van der Waals surface area (Å²) in [6, 6.07) is 10.3. The van der Waals surface area contributed by atoms with Gasteiger partial charge in [-0.15, -0.1) is 0 Å². The van der Waals surface area contributed by atoms with Gasteiger partial charge in [-0.2, -0.15) is 13.5 Å². The lowest BCUT2D eigenvalue weighted by Gasteiger charge is -2.34. The van der Waals surface area contributed by atoms with Gasteiger partial charge in [0, 0.05) is 31.9 Å². The highest BCUT2D eigenvalue weighted by molar-refractivity contribution is 7.59. The number of fused-ring (bicyclic) bond motifs is 2. The maximum absolute atomic E-state index is 15.1. The van der Waals surface area contributed by atoms with Crippen LogP contribution >= 0.6 is 13.5 Å². The largest absolute Gasteiger partial charge is 0.451 e. The minimum atomic E-state index is -0.451. The Balaban J connectivity index is 0.00000280. The molecule has 3 aromatic heterocycles. The van der Waals surface area contributed by atoms with Crippen LogP contribution in [0.1, 0.15) is 18.7 Å². The SMILES string of the molecule is C[C@H](Nc1c(-c2nc3ccc(N4CCN(C)CC4)cc3[nH]2)c(=O)[nH]c2cccc(F)c12)c1cocn1.S. The molecule has 0 unspecified atom stereocenters. The number of hydrogen-bond acceptors (Lipinski definition) is 7. The van der Waals surface area contributed by atoms with Crippen LogP contribution < -0.4 is 15.8 Å². The van der Waals surface area contributed by atoms with Crippen molar-refractivity contribution in [2.45, 2.75) is 13.0 Å². The summed E-state index contributed by atoms with van der Waals surface area (Å²) in [4.78, 5) is 33.0. The van der Waals surface area contributed by atoms with Gasteiger partial charge in [0.1, 0.15) is 29.2 Å². The Kier molecular flexibility index (Phi) is 6.65. The highest BCUT2D eigenvalue weighted by atomic mass is 32.1. The van der Waals surface area contributed by atoms with E-state index < -0.39 is 5.82 Å². The van der Waals surface area contributed by atoms with Crippen molar-refractivity contribution in [1.29, 1.82) is 0 Å². The Bertz CT molecular complexity index is 1610. The standard InChI is InChI=1S/C26H26FN7O2.H2S/c1-15(21-13-36-14-28-21)29-24-22-17(27)4-3-5-19(22)32-26(35)23(24)25-30-18-7-6-16(12-20(18)31-25)34-10-8-33(2)9-11-34;/h3-7,12-15H,8-11H2,1-2H3,(H,30,31)(H2,29,32,35);1H2/t15-;/m0./s1. The molecule has 5 aromatic rings. The van der Waals surface area contributed by atoms with E-state index in [-0.39, 0.29) is 36.0 Å². The number of H-pyrrole nitrogens is 2. The van der Waals surface area contributed by atoms with E-state index >= 15 is 4.39 Å². The molecule has 0 radical (unpaired) electrons. The molecule has 1 aliphatic heterocycles. The van der Waals surface area contributed by atoms with Crippen LogP contribution in [0.4, 0.5) is 15.8 Å². The maximum atomic E-state index is 15.1. The quantitative estimate of drug-likeness (QED) is 0.318. The fraction of sp³-hybridized carbons (Fsp3) is 0.269. The van der Waals surface area contributed by atoms with Gasteiger partial charge in [0.05, 0.1) is 33.7 Å². The molecule has 9 nitrogen and oxygen atoms in total. The summed E-state index contributed by atoms with van der Waals surface area (Å²) in [6.45, 7) is 5.77. The summed E-state index contributed by atoms with van der Waals surface area (Å²) in [6.07, 6.45) is 2.85. The normalized spacial score (nSPS) is 15.2. The average Bonchev–Trinajstić information content (AvgIpc) is 3.54. The summed E-state index contributed by atoms with van der Waals surface area (Å²) in [5.74, 6) is -0.0879. The maximum Gasteiger partial charge on any atom is 0.261 e. The van der Waals surface area contributed by atoms with Crippen LogP contribution in [0, 0.1) is 5.82 Å². The third kappa shape index (κ3) is 4.56. The number of nitrogens with one attached hydrogen (secondary N) is 3. The molecular formula is C26H28FN7O2S. The molecule has 6 rings (SSSR count). The van der Waals surface area contributed by atoms with Crippen LogP contribution in [0.2, 0.25) is 0 Å². The number of halogens is 1. The van der Waals surface area contributed by atoms with Crippen LogP contribution in [0.3, 0.4) is 0 Å². The van der Waals surface area contributed by atoms with Crippen LogP contribution in [0.15, 0.2) is 58.3 Å². The molecule has 3 N–H and O–H groups in total. The minimum Gasteiger partial charge on any atom is -0.451 e. The number of piperazine rings is 1. The number of anilines is 2.